The van der Waals surface area contributed by atoms with E-state index in [9.17, 15) is 4.79 Å². The van der Waals surface area contributed by atoms with E-state index in [0.717, 1.165) is 56.3 Å². The number of piperidine rings is 2. The van der Waals surface area contributed by atoms with Crippen molar-refractivity contribution in [3.8, 4) is 0 Å². The summed E-state index contributed by atoms with van der Waals surface area (Å²) in [4.78, 5) is 26.4. The lowest BCUT2D eigenvalue weighted by molar-refractivity contribution is -0.127. The first-order valence-corrected chi connectivity index (χ1v) is 11.6. The summed E-state index contributed by atoms with van der Waals surface area (Å²) in [5.41, 5.74) is 2.31. The molecule has 0 saturated carbocycles. The summed E-state index contributed by atoms with van der Waals surface area (Å²) in [6, 6.07) is 4.77. The van der Waals surface area contributed by atoms with Crippen molar-refractivity contribution in [2.75, 3.05) is 26.2 Å². The Morgan fingerprint density at radius 2 is 2.14 bits per heavy atom. The summed E-state index contributed by atoms with van der Waals surface area (Å²) in [5.74, 6) is 0.301. The van der Waals surface area contributed by atoms with Gasteiger partial charge in [0.05, 0.1) is 12.5 Å². The van der Waals surface area contributed by atoms with E-state index < -0.39 is 0 Å². The van der Waals surface area contributed by atoms with Crippen LogP contribution >= 0.6 is 11.3 Å². The fourth-order valence-corrected chi connectivity index (χ4v) is 5.25. The standard InChI is InChI=1S/C22H31N5OS/c1-17-16-29-21(25-17)13-24-22(28)19-5-3-9-27(15-19)20-6-10-26(11-7-20)14-18-4-2-8-23-12-18/h2,4,8,12,16,19-20H,3,5-7,9-11,13-15H2,1H3,(H,24,28)/t19-/m1/s1. The van der Waals surface area contributed by atoms with Crippen LogP contribution in [0.4, 0.5) is 0 Å². The molecule has 0 unspecified atom stereocenters. The molecule has 4 rings (SSSR count). The Morgan fingerprint density at radius 3 is 2.86 bits per heavy atom. The number of hydrogen-bond donors (Lipinski definition) is 1. The van der Waals surface area contributed by atoms with Gasteiger partial charge in [0.25, 0.3) is 0 Å². The zero-order valence-electron chi connectivity index (χ0n) is 17.2. The van der Waals surface area contributed by atoms with Crippen molar-refractivity contribution in [1.29, 1.82) is 0 Å². The van der Waals surface area contributed by atoms with E-state index in [1.54, 1.807) is 11.3 Å². The minimum Gasteiger partial charge on any atom is -0.349 e. The molecule has 0 spiro atoms. The molecular weight excluding hydrogens is 382 g/mol. The fourth-order valence-electron chi connectivity index (χ4n) is 4.54. The Bertz CT molecular complexity index is 788. The Balaban J connectivity index is 1.23. The second-order valence-corrected chi connectivity index (χ2v) is 9.25. The summed E-state index contributed by atoms with van der Waals surface area (Å²) in [7, 11) is 0. The number of aryl methyl sites for hydroxylation is 1. The maximum atomic E-state index is 12.7. The lowest BCUT2D eigenvalue weighted by Gasteiger charge is -2.42. The van der Waals surface area contributed by atoms with Gasteiger partial charge in [0, 0.05) is 42.6 Å². The molecular formula is C22H31N5OS. The van der Waals surface area contributed by atoms with Crippen molar-refractivity contribution < 1.29 is 4.79 Å². The van der Waals surface area contributed by atoms with Crippen LogP contribution in [0, 0.1) is 12.8 Å². The van der Waals surface area contributed by atoms with Gasteiger partial charge in [0.2, 0.25) is 5.91 Å². The van der Waals surface area contributed by atoms with Gasteiger partial charge < -0.3 is 5.32 Å². The van der Waals surface area contributed by atoms with Gasteiger partial charge in [-0.3, -0.25) is 19.6 Å². The molecule has 1 atom stereocenters. The van der Waals surface area contributed by atoms with Crippen molar-refractivity contribution in [2.24, 2.45) is 5.92 Å². The summed E-state index contributed by atoms with van der Waals surface area (Å²) < 4.78 is 0. The van der Waals surface area contributed by atoms with Crippen LogP contribution in [-0.4, -0.2) is 57.9 Å². The van der Waals surface area contributed by atoms with Crippen molar-refractivity contribution in [2.45, 2.75) is 51.7 Å². The number of hydrogen-bond acceptors (Lipinski definition) is 6. The number of carbonyl (C=O) groups is 1. The van der Waals surface area contributed by atoms with Gasteiger partial charge in [-0.1, -0.05) is 6.07 Å². The van der Waals surface area contributed by atoms with Gasteiger partial charge in [-0.05, 0) is 63.9 Å². The SMILES string of the molecule is Cc1csc(CNC(=O)[C@@H]2CCCN(C3CCN(Cc4cccnc4)CC3)C2)n1. The maximum absolute atomic E-state index is 12.7. The fraction of sp³-hybridized carbons (Fsp3) is 0.591. The highest BCUT2D eigenvalue weighted by atomic mass is 32.1. The van der Waals surface area contributed by atoms with Crippen molar-refractivity contribution in [3.63, 3.8) is 0 Å². The van der Waals surface area contributed by atoms with E-state index >= 15 is 0 Å². The quantitative estimate of drug-likeness (QED) is 0.789. The minimum absolute atomic E-state index is 0.109. The number of likely N-dealkylation sites (tertiary alicyclic amines) is 2. The molecule has 7 heteroatoms. The summed E-state index contributed by atoms with van der Waals surface area (Å²) in [5, 5.41) is 6.13. The molecule has 1 amide bonds. The highest BCUT2D eigenvalue weighted by Crippen LogP contribution is 2.25. The molecule has 0 aliphatic carbocycles. The average Bonchev–Trinajstić information content (AvgIpc) is 3.18. The van der Waals surface area contributed by atoms with Gasteiger partial charge in [-0.25, -0.2) is 4.98 Å². The van der Waals surface area contributed by atoms with Gasteiger partial charge in [0.1, 0.15) is 5.01 Å². The predicted molar refractivity (Wildman–Crippen MR) is 116 cm³/mol. The second kappa shape index (κ2) is 9.78. The first-order valence-electron chi connectivity index (χ1n) is 10.7. The van der Waals surface area contributed by atoms with Crippen LogP contribution in [-0.2, 0) is 17.9 Å². The Labute approximate surface area is 177 Å². The number of thiazole rings is 1. The first kappa shape index (κ1) is 20.4. The number of rotatable bonds is 6. The summed E-state index contributed by atoms with van der Waals surface area (Å²) in [6.07, 6.45) is 8.28. The third kappa shape index (κ3) is 5.62. The summed E-state index contributed by atoms with van der Waals surface area (Å²) >= 11 is 1.62. The third-order valence-corrected chi connectivity index (χ3v) is 7.07. The molecule has 2 fully saturated rings. The largest absolute Gasteiger partial charge is 0.349 e. The molecule has 156 valence electrons. The van der Waals surface area contributed by atoms with E-state index in [-0.39, 0.29) is 11.8 Å². The topological polar surface area (TPSA) is 61.4 Å². The molecule has 2 aliphatic rings. The minimum atomic E-state index is 0.109. The van der Waals surface area contributed by atoms with Crippen LogP contribution in [0.5, 0.6) is 0 Å². The Morgan fingerprint density at radius 1 is 1.28 bits per heavy atom. The monoisotopic (exact) mass is 413 g/mol. The van der Waals surface area contributed by atoms with Crippen LogP contribution in [0.2, 0.25) is 0 Å². The molecule has 2 saturated heterocycles. The van der Waals surface area contributed by atoms with Crippen molar-refractivity contribution >= 4 is 17.2 Å². The van der Waals surface area contributed by atoms with E-state index in [1.165, 1.54) is 18.4 Å². The van der Waals surface area contributed by atoms with E-state index in [2.05, 4.69) is 31.2 Å². The van der Waals surface area contributed by atoms with Crippen molar-refractivity contribution in [3.05, 3.63) is 46.2 Å². The van der Waals surface area contributed by atoms with Gasteiger partial charge >= 0.3 is 0 Å². The molecule has 2 aromatic heterocycles. The Hall–Kier alpha value is -1.83. The number of carbonyl (C=O) groups excluding carboxylic acids is 1. The highest BCUT2D eigenvalue weighted by Gasteiger charge is 2.31. The number of aromatic nitrogens is 2. The van der Waals surface area contributed by atoms with Crippen molar-refractivity contribution in [1.82, 2.24) is 25.1 Å². The third-order valence-electron chi connectivity index (χ3n) is 6.11. The molecule has 0 bridgehead atoms. The van der Waals surface area contributed by atoms with E-state index in [0.29, 0.717) is 12.6 Å². The molecule has 29 heavy (non-hydrogen) atoms. The lowest BCUT2D eigenvalue weighted by atomic mass is 9.93. The second-order valence-electron chi connectivity index (χ2n) is 8.30. The average molecular weight is 414 g/mol. The smallest absolute Gasteiger partial charge is 0.224 e. The molecule has 2 aromatic rings. The Kier molecular flexibility index (Phi) is 6.90. The van der Waals surface area contributed by atoms with Crippen LogP contribution in [0.15, 0.2) is 29.9 Å². The summed E-state index contributed by atoms with van der Waals surface area (Å²) in [6.45, 7) is 7.80. The maximum Gasteiger partial charge on any atom is 0.224 e. The van der Waals surface area contributed by atoms with Crippen LogP contribution < -0.4 is 5.32 Å². The normalized spacial score (nSPS) is 21.9. The number of pyridine rings is 1. The molecule has 4 heterocycles. The van der Waals surface area contributed by atoms with Gasteiger partial charge in [-0.15, -0.1) is 11.3 Å². The highest BCUT2D eigenvalue weighted by molar-refractivity contribution is 7.09. The molecule has 1 N–H and O–H groups in total. The van der Waals surface area contributed by atoms with Gasteiger partial charge in [-0.2, -0.15) is 0 Å². The molecule has 2 aliphatic heterocycles. The lowest BCUT2D eigenvalue weighted by Crippen LogP contribution is -2.50. The van der Waals surface area contributed by atoms with Crippen LogP contribution in [0.1, 0.15) is 41.9 Å². The first-order chi connectivity index (χ1) is 14.2. The van der Waals surface area contributed by atoms with E-state index in [4.69, 9.17) is 0 Å². The zero-order valence-corrected chi connectivity index (χ0v) is 18.0. The zero-order chi connectivity index (χ0) is 20.1. The molecule has 6 nitrogen and oxygen atoms in total. The number of nitrogens with one attached hydrogen (secondary N) is 1. The van der Waals surface area contributed by atoms with E-state index in [1.807, 2.05) is 30.8 Å². The van der Waals surface area contributed by atoms with Gasteiger partial charge in [0.15, 0.2) is 0 Å². The van der Waals surface area contributed by atoms with Crippen LogP contribution in [0.25, 0.3) is 0 Å². The number of nitrogens with zero attached hydrogens (tertiary/aromatic N) is 4. The predicted octanol–water partition coefficient (Wildman–Crippen LogP) is 2.84. The van der Waals surface area contributed by atoms with Crippen LogP contribution in [0.3, 0.4) is 0 Å². The molecule has 0 radical (unpaired) electrons. The molecule has 0 aromatic carbocycles. The number of amides is 1.